The van der Waals surface area contributed by atoms with Gasteiger partial charge in [-0.3, -0.25) is 19.4 Å². The highest BCUT2D eigenvalue weighted by Crippen LogP contribution is 2.17. The van der Waals surface area contributed by atoms with Gasteiger partial charge in [0.25, 0.3) is 11.8 Å². The lowest BCUT2D eigenvalue weighted by atomic mass is 9.96. The Bertz CT molecular complexity index is 1040. The number of hydrogen-bond acceptors (Lipinski definition) is 5. The third-order valence-electron chi connectivity index (χ3n) is 7.06. The van der Waals surface area contributed by atoms with E-state index in [1.54, 1.807) is 35.1 Å². The molecule has 0 radical (unpaired) electrons. The van der Waals surface area contributed by atoms with Crippen LogP contribution in [-0.2, 0) is 6.54 Å². The summed E-state index contributed by atoms with van der Waals surface area (Å²) in [6, 6.07) is 5.66. The maximum absolute atomic E-state index is 13.4. The molecule has 1 saturated carbocycles. The van der Waals surface area contributed by atoms with Gasteiger partial charge in [0.05, 0.1) is 12.2 Å². The largest absolute Gasteiger partial charge is 0.349 e. The molecule has 2 aromatic rings. The first kappa shape index (κ1) is 27.6. The second-order valence-electron chi connectivity index (χ2n) is 9.68. The zero-order valence-electron chi connectivity index (χ0n) is 22.0. The van der Waals surface area contributed by atoms with Gasteiger partial charge >= 0.3 is 0 Å². The summed E-state index contributed by atoms with van der Waals surface area (Å²) in [7, 11) is 1.70. The van der Waals surface area contributed by atoms with Gasteiger partial charge in [-0.15, -0.1) is 0 Å². The summed E-state index contributed by atoms with van der Waals surface area (Å²) >= 11 is 0. The van der Waals surface area contributed by atoms with Crippen molar-refractivity contribution in [3.05, 3.63) is 63.8 Å². The summed E-state index contributed by atoms with van der Waals surface area (Å²) in [5.41, 5.74) is 0.283. The average molecular weight is 496 g/mol. The summed E-state index contributed by atoms with van der Waals surface area (Å²) in [5.74, 6) is -0.775. The van der Waals surface area contributed by atoms with Crippen LogP contribution in [0.3, 0.4) is 0 Å². The average Bonchev–Trinajstić information content (AvgIpc) is 2.87. The highest BCUT2D eigenvalue weighted by Gasteiger charge is 2.24. The van der Waals surface area contributed by atoms with Crippen LogP contribution < -0.4 is 10.7 Å². The second-order valence-corrected chi connectivity index (χ2v) is 9.68. The van der Waals surface area contributed by atoms with E-state index in [9.17, 15) is 14.4 Å². The standard InChI is InChI=1S/C28H41N5O3/c1-4-32(5-2)18-17-31(3)28(36)25-21-33(19-23-15-11-12-16-29-23)20-24(26(25)34)27(35)30-22-13-9-7-6-8-10-14-22/h11-12,15-16,20-22H,4-10,13-14,17-19H2,1-3H3,(H,30,35). The van der Waals surface area contributed by atoms with Crippen LogP contribution in [0.15, 0.2) is 41.6 Å². The van der Waals surface area contributed by atoms with Gasteiger partial charge in [-0.25, -0.2) is 0 Å². The number of nitrogens with one attached hydrogen (secondary N) is 1. The van der Waals surface area contributed by atoms with Gasteiger partial charge in [0, 0.05) is 44.8 Å². The zero-order valence-corrected chi connectivity index (χ0v) is 22.0. The number of carbonyl (C=O) groups excluding carboxylic acids is 2. The van der Waals surface area contributed by atoms with Gasteiger partial charge < -0.3 is 19.7 Å². The molecule has 0 spiro atoms. The molecule has 36 heavy (non-hydrogen) atoms. The molecule has 0 aliphatic heterocycles. The molecule has 0 aromatic carbocycles. The summed E-state index contributed by atoms with van der Waals surface area (Å²) in [4.78, 5) is 48.2. The minimum Gasteiger partial charge on any atom is -0.349 e. The van der Waals surface area contributed by atoms with Crippen molar-refractivity contribution < 1.29 is 9.59 Å². The van der Waals surface area contributed by atoms with E-state index < -0.39 is 11.3 Å². The molecule has 196 valence electrons. The molecule has 2 amide bonds. The first-order valence-corrected chi connectivity index (χ1v) is 13.4. The summed E-state index contributed by atoms with van der Waals surface area (Å²) in [5, 5.41) is 3.09. The van der Waals surface area contributed by atoms with Crippen molar-refractivity contribution in [3.63, 3.8) is 0 Å². The molecular formula is C28H41N5O3. The molecule has 2 heterocycles. The lowest BCUT2D eigenvalue weighted by Gasteiger charge is -2.24. The molecular weight excluding hydrogens is 454 g/mol. The van der Waals surface area contributed by atoms with Crippen LogP contribution in [0.5, 0.6) is 0 Å². The first-order valence-electron chi connectivity index (χ1n) is 13.4. The molecule has 2 aromatic heterocycles. The second kappa shape index (κ2) is 13.9. The Hall–Kier alpha value is -3.00. The molecule has 1 N–H and O–H groups in total. The van der Waals surface area contributed by atoms with E-state index in [-0.39, 0.29) is 23.1 Å². The minimum atomic E-state index is -0.518. The fourth-order valence-corrected chi connectivity index (χ4v) is 4.72. The quantitative estimate of drug-likeness (QED) is 0.545. The lowest BCUT2D eigenvalue weighted by Crippen LogP contribution is -2.41. The number of aromatic nitrogens is 2. The predicted molar refractivity (Wildman–Crippen MR) is 142 cm³/mol. The Morgan fingerprint density at radius 1 is 1.00 bits per heavy atom. The fraction of sp³-hybridized carbons (Fsp3) is 0.571. The van der Waals surface area contributed by atoms with E-state index in [1.165, 1.54) is 19.3 Å². The molecule has 0 saturated heterocycles. The van der Waals surface area contributed by atoms with Crippen LogP contribution in [0.4, 0.5) is 0 Å². The lowest BCUT2D eigenvalue weighted by molar-refractivity contribution is 0.0777. The Balaban J connectivity index is 1.88. The van der Waals surface area contributed by atoms with Crippen molar-refractivity contribution in [2.24, 2.45) is 0 Å². The van der Waals surface area contributed by atoms with E-state index in [0.29, 0.717) is 13.1 Å². The molecule has 1 aliphatic rings. The van der Waals surface area contributed by atoms with Crippen LogP contribution in [0.2, 0.25) is 0 Å². The Labute approximate surface area is 214 Å². The number of likely N-dealkylation sites (N-methyl/N-ethyl adjacent to an activating group) is 2. The van der Waals surface area contributed by atoms with Crippen molar-refractivity contribution in [2.45, 2.75) is 71.4 Å². The molecule has 8 nitrogen and oxygen atoms in total. The maximum atomic E-state index is 13.4. The molecule has 0 bridgehead atoms. The van der Waals surface area contributed by atoms with E-state index in [4.69, 9.17) is 0 Å². The van der Waals surface area contributed by atoms with Crippen LogP contribution in [0.1, 0.15) is 85.2 Å². The summed E-state index contributed by atoms with van der Waals surface area (Å²) in [6.07, 6.45) is 12.4. The zero-order chi connectivity index (χ0) is 25.9. The van der Waals surface area contributed by atoms with Gasteiger partial charge in [0.1, 0.15) is 11.1 Å². The number of nitrogens with zero attached hydrogens (tertiary/aromatic N) is 4. The first-order chi connectivity index (χ1) is 17.4. The number of carbonyl (C=O) groups is 2. The third-order valence-corrected chi connectivity index (χ3v) is 7.06. The molecule has 1 aliphatic carbocycles. The van der Waals surface area contributed by atoms with Crippen molar-refractivity contribution in [1.82, 2.24) is 24.7 Å². The van der Waals surface area contributed by atoms with Gasteiger partial charge in [-0.2, -0.15) is 0 Å². The predicted octanol–water partition coefficient (Wildman–Crippen LogP) is 3.55. The van der Waals surface area contributed by atoms with Crippen LogP contribution in [0.25, 0.3) is 0 Å². The van der Waals surface area contributed by atoms with Crippen molar-refractivity contribution in [2.75, 3.05) is 33.2 Å². The Morgan fingerprint density at radius 2 is 1.67 bits per heavy atom. The topological polar surface area (TPSA) is 87.5 Å². The highest BCUT2D eigenvalue weighted by atomic mass is 16.2. The van der Waals surface area contributed by atoms with Gasteiger partial charge in [-0.05, 0) is 38.1 Å². The van der Waals surface area contributed by atoms with E-state index in [2.05, 4.69) is 29.0 Å². The molecule has 3 rings (SSSR count). The van der Waals surface area contributed by atoms with E-state index in [1.807, 2.05) is 18.2 Å². The Morgan fingerprint density at radius 3 is 2.31 bits per heavy atom. The normalized spacial score (nSPS) is 14.8. The number of hydrogen-bond donors (Lipinski definition) is 1. The maximum Gasteiger partial charge on any atom is 0.259 e. The smallest absolute Gasteiger partial charge is 0.259 e. The summed E-state index contributed by atoms with van der Waals surface area (Å²) < 4.78 is 1.72. The fourth-order valence-electron chi connectivity index (χ4n) is 4.72. The van der Waals surface area contributed by atoms with Crippen LogP contribution in [0, 0.1) is 0 Å². The molecule has 0 unspecified atom stereocenters. The monoisotopic (exact) mass is 495 g/mol. The SMILES string of the molecule is CCN(CC)CCN(C)C(=O)c1cn(Cc2ccccn2)cc(C(=O)NC2CCCCCCC2)c1=O. The van der Waals surface area contributed by atoms with Crippen LogP contribution >= 0.6 is 0 Å². The number of pyridine rings is 2. The highest BCUT2D eigenvalue weighted by molar-refractivity contribution is 5.99. The van der Waals surface area contributed by atoms with Gasteiger partial charge in [-0.1, -0.05) is 52.0 Å². The van der Waals surface area contributed by atoms with Gasteiger partial charge in [0.2, 0.25) is 5.43 Å². The number of amides is 2. The summed E-state index contributed by atoms with van der Waals surface area (Å²) in [6.45, 7) is 7.53. The minimum absolute atomic E-state index is 0.0102. The van der Waals surface area contributed by atoms with Crippen molar-refractivity contribution in [3.8, 4) is 0 Å². The van der Waals surface area contributed by atoms with E-state index >= 15 is 0 Å². The van der Waals surface area contributed by atoms with Crippen molar-refractivity contribution >= 4 is 11.8 Å². The van der Waals surface area contributed by atoms with E-state index in [0.717, 1.165) is 51.0 Å². The number of rotatable bonds is 10. The molecule has 8 heteroatoms. The van der Waals surface area contributed by atoms with Crippen molar-refractivity contribution in [1.29, 1.82) is 0 Å². The molecule has 0 atom stereocenters. The third kappa shape index (κ3) is 7.75. The van der Waals surface area contributed by atoms with Gasteiger partial charge in [0.15, 0.2) is 0 Å². The Kier molecular flexibility index (Phi) is 10.7. The molecule has 1 fully saturated rings. The van der Waals surface area contributed by atoms with Crippen LogP contribution in [-0.4, -0.2) is 70.4 Å².